The van der Waals surface area contributed by atoms with E-state index in [1.165, 1.54) is 23.8 Å². The van der Waals surface area contributed by atoms with E-state index in [0.717, 1.165) is 6.42 Å². The fraction of sp³-hybridized carbons (Fsp3) is 0.536. The lowest BCUT2D eigenvalue weighted by atomic mass is 9.85. The van der Waals surface area contributed by atoms with Crippen molar-refractivity contribution < 1.29 is 23.4 Å². The van der Waals surface area contributed by atoms with Gasteiger partial charge in [-0.3, -0.25) is 4.79 Å². The van der Waals surface area contributed by atoms with Crippen LogP contribution < -0.4 is 19.9 Å². The van der Waals surface area contributed by atoms with Crippen molar-refractivity contribution in [1.29, 1.82) is 0 Å². The molecule has 0 heterocycles. The number of ether oxygens (including phenoxy) is 3. The van der Waals surface area contributed by atoms with E-state index in [-0.39, 0.29) is 11.0 Å². The van der Waals surface area contributed by atoms with Gasteiger partial charge in [0.05, 0.1) is 21.3 Å². The Morgan fingerprint density at radius 1 is 0.971 bits per heavy atom. The van der Waals surface area contributed by atoms with Gasteiger partial charge in [0, 0.05) is 17.7 Å². The Morgan fingerprint density at radius 2 is 1.60 bits per heavy atom. The summed E-state index contributed by atoms with van der Waals surface area (Å²) in [4.78, 5) is 12.5. The van der Waals surface area contributed by atoms with Gasteiger partial charge in [0.25, 0.3) is 0 Å². The minimum Gasteiger partial charge on any atom is -0.493 e. The summed E-state index contributed by atoms with van der Waals surface area (Å²) in [6.07, 6.45) is 1.34. The van der Waals surface area contributed by atoms with Crippen molar-refractivity contribution in [3.05, 3.63) is 52.1 Å². The number of aryl methyl sites for hydroxylation is 2. The van der Waals surface area contributed by atoms with Crippen LogP contribution in [-0.2, 0) is 10.8 Å². The molecule has 0 saturated carbocycles. The summed E-state index contributed by atoms with van der Waals surface area (Å²) < 4.78 is 23.3. The Balaban J connectivity index is 2.55. The Hall–Kier alpha value is -2.51. The molecule has 0 spiro atoms. The molecule has 7 heteroatoms. The summed E-state index contributed by atoms with van der Waals surface area (Å²) in [5.41, 5.74) is 10.6. The molecule has 2 rings (SSSR count). The van der Waals surface area contributed by atoms with E-state index in [9.17, 15) is 4.79 Å². The zero-order valence-electron chi connectivity index (χ0n) is 23.1. The molecule has 0 aliphatic carbocycles. The van der Waals surface area contributed by atoms with Gasteiger partial charge in [0.2, 0.25) is 11.7 Å². The standard InChI is InChI=1S/C28H43NO5Si/c1-18-11-12-20(15-19(18)2)21(13-14-34-35(9,10)28(3,4)5)16-22-23(27(29)30)17-24(31-6)26(33-8)25(22)32-7/h11-12,15,17,21H,13-14,16H2,1-10H3,(H2,29,30). The monoisotopic (exact) mass is 501 g/mol. The molecule has 0 bridgehead atoms. The first-order chi connectivity index (χ1) is 16.3. The van der Waals surface area contributed by atoms with Crippen molar-refractivity contribution in [1.82, 2.24) is 0 Å². The van der Waals surface area contributed by atoms with Gasteiger partial charge in [0.15, 0.2) is 19.8 Å². The number of primary amides is 1. The Bertz CT molecular complexity index is 1040. The van der Waals surface area contributed by atoms with Crippen LogP contribution in [0.4, 0.5) is 0 Å². The molecule has 35 heavy (non-hydrogen) atoms. The Kier molecular flexibility index (Phi) is 9.42. The van der Waals surface area contributed by atoms with Crippen LogP contribution in [0.15, 0.2) is 24.3 Å². The predicted molar refractivity (Wildman–Crippen MR) is 145 cm³/mol. The fourth-order valence-electron chi connectivity index (χ4n) is 3.96. The van der Waals surface area contributed by atoms with Crippen LogP contribution in [0.3, 0.4) is 0 Å². The quantitative estimate of drug-likeness (QED) is 0.373. The van der Waals surface area contributed by atoms with Crippen molar-refractivity contribution in [2.45, 2.75) is 71.5 Å². The summed E-state index contributed by atoms with van der Waals surface area (Å²) >= 11 is 0. The van der Waals surface area contributed by atoms with E-state index in [0.29, 0.717) is 41.4 Å². The summed E-state index contributed by atoms with van der Waals surface area (Å²) in [6.45, 7) is 16.1. The maximum atomic E-state index is 12.5. The van der Waals surface area contributed by atoms with E-state index in [1.807, 2.05) is 0 Å². The largest absolute Gasteiger partial charge is 0.493 e. The molecule has 0 aliphatic rings. The number of rotatable bonds is 11. The molecule has 1 amide bonds. The average molecular weight is 502 g/mol. The second-order valence-electron chi connectivity index (χ2n) is 10.7. The number of methoxy groups -OCH3 is 3. The smallest absolute Gasteiger partial charge is 0.249 e. The Labute approximate surface area is 212 Å². The number of carbonyl (C=O) groups is 1. The van der Waals surface area contributed by atoms with E-state index in [2.05, 4.69) is 65.9 Å². The molecule has 0 fully saturated rings. The lowest BCUT2D eigenvalue weighted by Crippen LogP contribution is -2.41. The molecule has 2 aromatic carbocycles. The summed E-state index contributed by atoms with van der Waals surface area (Å²) in [7, 11) is 2.76. The van der Waals surface area contributed by atoms with Crippen molar-refractivity contribution in [2.75, 3.05) is 27.9 Å². The number of amides is 1. The summed E-state index contributed by atoms with van der Waals surface area (Å²) in [5, 5.41) is 0.134. The molecule has 2 N–H and O–H groups in total. The number of nitrogens with two attached hydrogens (primary N) is 1. The number of carbonyl (C=O) groups excluding carboxylic acids is 1. The molecule has 1 unspecified atom stereocenters. The van der Waals surface area contributed by atoms with Gasteiger partial charge in [-0.1, -0.05) is 39.0 Å². The van der Waals surface area contributed by atoms with Gasteiger partial charge in [-0.25, -0.2) is 0 Å². The first-order valence-corrected chi connectivity index (χ1v) is 15.0. The minimum absolute atomic E-state index is 0.0872. The van der Waals surface area contributed by atoms with Gasteiger partial charge in [0.1, 0.15) is 0 Å². The molecule has 6 nitrogen and oxygen atoms in total. The van der Waals surface area contributed by atoms with Crippen LogP contribution in [-0.4, -0.2) is 42.2 Å². The second-order valence-corrected chi connectivity index (χ2v) is 15.5. The third kappa shape index (κ3) is 6.58. The molecule has 194 valence electrons. The molecule has 2 aromatic rings. The normalized spacial score (nSPS) is 12.9. The predicted octanol–water partition coefficient (Wildman–Crippen LogP) is 6.17. The summed E-state index contributed by atoms with van der Waals surface area (Å²) in [5.74, 6) is 0.886. The molecular weight excluding hydrogens is 458 g/mol. The van der Waals surface area contributed by atoms with Crippen molar-refractivity contribution >= 4 is 14.2 Å². The van der Waals surface area contributed by atoms with Crippen LogP contribution in [0.25, 0.3) is 0 Å². The lowest BCUT2D eigenvalue weighted by molar-refractivity contribution is 0.0998. The van der Waals surface area contributed by atoms with E-state index >= 15 is 0 Å². The lowest BCUT2D eigenvalue weighted by Gasteiger charge is -2.36. The zero-order chi connectivity index (χ0) is 26.6. The molecular formula is C28H43NO5Si. The van der Waals surface area contributed by atoms with Crippen LogP contribution in [0.5, 0.6) is 17.2 Å². The fourth-order valence-corrected chi connectivity index (χ4v) is 5.02. The zero-order valence-corrected chi connectivity index (χ0v) is 24.1. The SMILES string of the molecule is COc1cc(C(N)=O)c(CC(CCO[Si](C)(C)C(C)(C)C)c2ccc(C)c(C)c2)c(OC)c1OC. The first kappa shape index (κ1) is 28.7. The van der Waals surface area contributed by atoms with Crippen LogP contribution in [0.1, 0.15) is 65.7 Å². The highest BCUT2D eigenvalue weighted by Gasteiger charge is 2.37. The third-order valence-corrected chi connectivity index (χ3v) is 11.9. The van der Waals surface area contributed by atoms with Gasteiger partial charge in [-0.05, 0) is 73.5 Å². The van der Waals surface area contributed by atoms with Gasteiger partial charge >= 0.3 is 0 Å². The van der Waals surface area contributed by atoms with Crippen LogP contribution in [0.2, 0.25) is 18.1 Å². The molecule has 0 aromatic heterocycles. The number of benzene rings is 2. The van der Waals surface area contributed by atoms with Gasteiger partial charge in [-0.15, -0.1) is 0 Å². The maximum Gasteiger partial charge on any atom is 0.249 e. The van der Waals surface area contributed by atoms with E-state index in [4.69, 9.17) is 24.4 Å². The van der Waals surface area contributed by atoms with Crippen LogP contribution in [0, 0.1) is 13.8 Å². The molecule has 0 radical (unpaired) electrons. The van der Waals surface area contributed by atoms with Crippen molar-refractivity contribution in [3.8, 4) is 17.2 Å². The summed E-state index contributed by atoms with van der Waals surface area (Å²) in [6, 6.07) is 8.18. The Morgan fingerprint density at radius 3 is 2.09 bits per heavy atom. The highest BCUT2D eigenvalue weighted by atomic mass is 28.4. The van der Waals surface area contributed by atoms with E-state index < -0.39 is 14.2 Å². The third-order valence-electron chi connectivity index (χ3n) is 7.39. The minimum atomic E-state index is -1.89. The molecule has 1 atom stereocenters. The molecule has 0 aliphatic heterocycles. The second kappa shape index (κ2) is 11.5. The average Bonchev–Trinajstić information content (AvgIpc) is 2.78. The van der Waals surface area contributed by atoms with Crippen molar-refractivity contribution in [3.63, 3.8) is 0 Å². The number of hydrogen-bond acceptors (Lipinski definition) is 5. The maximum absolute atomic E-state index is 12.5. The number of hydrogen-bond donors (Lipinski definition) is 1. The highest BCUT2D eigenvalue weighted by Crippen LogP contribution is 2.44. The topological polar surface area (TPSA) is 80.0 Å². The first-order valence-electron chi connectivity index (χ1n) is 12.1. The van der Waals surface area contributed by atoms with E-state index in [1.54, 1.807) is 20.3 Å². The van der Waals surface area contributed by atoms with Gasteiger partial charge < -0.3 is 24.4 Å². The highest BCUT2D eigenvalue weighted by molar-refractivity contribution is 6.74. The van der Waals surface area contributed by atoms with Gasteiger partial charge in [-0.2, -0.15) is 0 Å². The van der Waals surface area contributed by atoms with Crippen molar-refractivity contribution in [2.24, 2.45) is 5.73 Å². The molecule has 0 saturated heterocycles. The van der Waals surface area contributed by atoms with Crippen LogP contribution >= 0.6 is 0 Å².